The number of aliphatic hydroxyl groups excluding tert-OH is 1. The SMILES string of the molecule is CCCCCCCCCCCCCCCC(=O)OC[C@H](COP(=O)(O)OC[C@H](O)COP(=O)(O)OC[C@@H](COC(=O)CCCCCCCCCCCCC(C)CC)OC(=O)CCCCCCCCCCCCC(C)CC)OC(=O)CCCCCCCCCCCCC(C)C. The number of hydrogen-bond donors (Lipinski definition) is 3. The summed E-state index contributed by atoms with van der Waals surface area (Å²) in [6.07, 6.45) is 51.0. The van der Waals surface area contributed by atoms with E-state index in [1.165, 1.54) is 193 Å². The number of carbonyl (C=O) groups is 4. The van der Waals surface area contributed by atoms with Gasteiger partial charge in [0, 0.05) is 25.7 Å². The van der Waals surface area contributed by atoms with Crippen molar-refractivity contribution >= 4 is 39.5 Å². The van der Waals surface area contributed by atoms with Crippen LogP contribution in [0.1, 0.15) is 382 Å². The summed E-state index contributed by atoms with van der Waals surface area (Å²) in [6.45, 7) is 11.9. The zero-order valence-electron chi connectivity index (χ0n) is 61.4. The topological polar surface area (TPSA) is 237 Å². The van der Waals surface area contributed by atoms with E-state index in [1.807, 2.05) is 0 Å². The van der Waals surface area contributed by atoms with Crippen molar-refractivity contribution in [3.8, 4) is 0 Å². The second-order valence-electron chi connectivity index (χ2n) is 28.0. The molecule has 94 heavy (non-hydrogen) atoms. The van der Waals surface area contributed by atoms with Crippen molar-refractivity contribution in [2.75, 3.05) is 39.6 Å². The van der Waals surface area contributed by atoms with Crippen LogP contribution in [0.15, 0.2) is 0 Å². The van der Waals surface area contributed by atoms with Crippen molar-refractivity contribution in [3.05, 3.63) is 0 Å². The number of hydrogen-bond acceptors (Lipinski definition) is 15. The van der Waals surface area contributed by atoms with E-state index in [0.29, 0.717) is 25.7 Å². The van der Waals surface area contributed by atoms with Crippen LogP contribution in [0.25, 0.3) is 0 Å². The monoisotopic (exact) mass is 1380 g/mol. The number of esters is 4. The number of aliphatic hydroxyl groups is 1. The third kappa shape index (κ3) is 66.0. The summed E-state index contributed by atoms with van der Waals surface area (Å²) in [5, 5.41) is 10.6. The Morgan fingerprint density at radius 1 is 0.309 bits per heavy atom. The first kappa shape index (κ1) is 92.1. The summed E-state index contributed by atoms with van der Waals surface area (Å²) in [5.74, 6) is 0.247. The van der Waals surface area contributed by atoms with Gasteiger partial charge in [0.1, 0.15) is 19.3 Å². The van der Waals surface area contributed by atoms with E-state index in [1.54, 1.807) is 0 Å². The third-order valence-corrected chi connectivity index (χ3v) is 20.0. The molecule has 0 spiro atoms. The largest absolute Gasteiger partial charge is 0.472 e. The van der Waals surface area contributed by atoms with Gasteiger partial charge in [0.2, 0.25) is 0 Å². The molecule has 0 fully saturated rings. The summed E-state index contributed by atoms with van der Waals surface area (Å²) < 4.78 is 68.5. The van der Waals surface area contributed by atoms with Gasteiger partial charge in [0.25, 0.3) is 0 Å². The summed E-state index contributed by atoms with van der Waals surface area (Å²) in [7, 11) is -9.91. The standard InChI is InChI=1S/C75H146O17P2/c1-8-11-12-13-14-15-16-17-18-28-35-42-49-56-72(77)85-62-70(91-74(79)58-51-44-37-30-22-19-25-32-39-46-53-66(4)5)64-89-93(81,82)87-60-69(76)61-88-94(83,84)90-65-71(92-75(80)59-52-45-38-31-24-21-27-34-41-48-55-68(7)10-3)63-86-73(78)57-50-43-36-29-23-20-26-33-40-47-54-67(6)9-2/h66-71,76H,8-65H2,1-7H3,(H,81,82)(H,83,84)/t67?,68?,69-,70+,71+/m0/s1. The molecule has 0 aliphatic rings. The Kier molecular flexibility index (Phi) is 64.3. The van der Waals surface area contributed by atoms with Crippen molar-refractivity contribution in [1.82, 2.24) is 0 Å². The van der Waals surface area contributed by atoms with Gasteiger partial charge >= 0.3 is 39.5 Å². The molecule has 0 aromatic rings. The molecule has 17 nitrogen and oxygen atoms in total. The molecule has 0 aliphatic heterocycles. The Hall–Kier alpha value is -1.94. The Morgan fingerprint density at radius 3 is 0.809 bits per heavy atom. The van der Waals surface area contributed by atoms with Crippen molar-refractivity contribution in [1.29, 1.82) is 0 Å². The lowest BCUT2D eigenvalue weighted by atomic mass is 9.99. The smallest absolute Gasteiger partial charge is 0.462 e. The van der Waals surface area contributed by atoms with Gasteiger partial charge in [0.05, 0.1) is 26.4 Å². The van der Waals surface area contributed by atoms with Crippen molar-refractivity contribution in [3.63, 3.8) is 0 Å². The van der Waals surface area contributed by atoms with E-state index in [2.05, 4.69) is 48.5 Å². The number of phosphoric acid groups is 2. The molecule has 0 bridgehead atoms. The van der Waals surface area contributed by atoms with Crippen LogP contribution in [0, 0.1) is 17.8 Å². The minimum absolute atomic E-state index is 0.106. The van der Waals surface area contributed by atoms with Gasteiger partial charge in [-0.1, -0.05) is 331 Å². The predicted octanol–water partition coefficient (Wildman–Crippen LogP) is 21.8. The highest BCUT2D eigenvalue weighted by atomic mass is 31.2. The number of unbranched alkanes of at least 4 members (excludes halogenated alkanes) is 39. The van der Waals surface area contributed by atoms with E-state index in [9.17, 15) is 43.2 Å². The van der Waals surface area contributed by atoms with Crippen LogP contribution in [-0.4, -0.2) is 96.7 Å². The molecule has 19 heteroatoms. The van der Waals surface area contributed by atoms with Gasteiger partial charge in [-0.2, -0.15) is 0 Å². The van der Waals surface area contributed by atoms with E-state index >= 15 is 0 Å². The van der Waals surface area contributed by atoms with Gasteiger partial charge in [-0.3, -0.25) is 37.3 Å². The molecule has 0 aromatic carbocycles. The molecule has 4 unspecified atom stereocenters. The maximum atomic E-state index is 13.1. The quantitative estimate of drug-likeness (QED) is 0.0222. The lowest BCUT2D eigenvalue weighted by Crippen LogP contribution is -2.30. The fourth-order valence-electron chi connectivity index (χ4n) is 11.4. The van der Waals surface area contributed by atoms with Crippen molar-refractivity contribution in [2.24, 2.45) is 17.8 Å². The van der Waals surface area contributed by atoms with E-state index in [0.717, 1.165) is 108 Å². The highest BCUT2D eigenvalue weighted by molar-refractivity contribution is 7.47. The van der Waals surface area contributed by atoms with Crippen LogP contribution >= 0.6 is 15.6 Å². The van der Waals surface area contributed by atoms with Crippen molar-refractivity contribution < 1.29 is 80.2 Å². The maximum absolute atomic E-state index is 13.1. The maximum Gasteiger partial charge on any atom is 0.472 e. The Morgan fingerprint density at radius 2 is 0.543 bits per heavy atom. The number of rotatable bonds is 73. The zero-order chi connectivity index (χ0) is 69.4. The van der Waals surface area contributed by atoms with Crippen LogP contribution in [0.5, 0.6) is 0 Å². The van der Waals surface area contributed by atoms with E-state index < -0.39 is 97.5 Å². The van der Waals surface area contributed by atoms with Gasteiger partial charge in [-0.05, 0) is 43.4 Å². The molecule has 0 saturated heterocycles. The molecule has 7 atom stereocenters. The van der Waals surface area contributed by atoms with Gasteiger partial charge in [-0.15, -0.1) is 0 Å². The molecular formula is C75H146O17P2. The minimum Gasteiger partial charge on any atom is -0.462 e. The van der Waals surface area contributed by atoms with Crippen molar-refractivity contribution in [2.45, 2.75) is 401 Å². The first-order chi connectivity index (χ1) is 45.3. The van der Waals surface area contributed by atoms with Crippen LogP contribution in [0.2, 0.25) is 0 Å². The highest BCUT2D eigenvalue weighted by Crippen LogP contribution is 2.45. The molecule has 0 aliphatic carbocycles. The fourth-order valence-corrected chi connectivity index (χ4v) is 12.9. The van der Waals surface area contributed by atoms with E-state index in [4.69, 9.17) is 37.0 Å². The number of carbonyl (C=O) groups excluding carboxylic acids is 4. The third-order valence-electron chi connectivity index (χ3n) is 18.1. The first-order valence-corrected chi connectivity index (χ1v) is 41.9. The fraction of sp³-hybridized carbons (Fsp3) is 0.947. The summed E-state index contributed by atoms with van der Waals surface area (Å²) in [6, 6.07) is 0. The number of ether oxygens (including phenoxy) is 4. The second-order valence-corrected chi connectivity index (χ2v) is 30.9. The molecule has 0 saturated carbocycles. The lowest BCUT2D eigenvalue weighted by molar-refractivity contribution is -0.161. The number of phosphoric ester groups is 2. The molecule has 0 heterocycles. The zero-order valence-corrected chi connectivity index (χ0v) is 63.2. The molecule has 0 aromatic heterocycles. The average Bonchev–Trinajstić information content (AvgIpc) is 3.28. The molecule has 0 amide bonds. The molecule has 3 N–H and O–H groups in total. The van der Waals surface area contributed by atoms with Crippen LogP contribution in [0.3, 0.4) is 0 Å². The predicted molar refractivity (Wildman–Crippen MR) is 381 cm³/mol. The van der Waals surface area contributed by atoms with Crippen LogP contribution < -0.4 is 0 Å². The minimum atomic E-state index is -4.96. The Labute approximate surface area is 575 Å². The lowest BCUT2D eigenvalue weighted by Gasteiger charge is -2.21. The molecular weight excluding hydrogens is 1230 g/mol. The molecule has 0 rings (SSSR count). The summed E-state index contributed by atoms with van der Waals surface area (Å²) in [4.78, 5) is 72.8. The highest BCUT2D eigenvalue weighted by Gasteiger charge is 2.30. The molecule has 558 valence electrons. The van der Waals surface area contributed by atoms with Gasteiger partial charge in [-0.25, -0.2) is 9.13 Å². The van der Waals surface area contributed by atoms with Gasteiger partial charge < -0.3 is 33.8 Å². The van der Waals surface area contributed by atoms with E-state index in [-0.39, 0.29) is 25.7 Å². The van der Waals surface area contributed by atoms with Gasteiger partial charge in [0.15, 0.2) is 12.2 Å². The van der Waals surface area contributed by atoms with Crippen LogP contribution in [-0.2, 0) is 65.4 Å². The first-order valence-electron chi connectivity index (χ1n) is 38.9. The average molecular weight is 1380 g/mol. The molecule has 0 radical (unpaired) electrons. The second kappa shape index (κ2) is 65.7. The summed E-state index contributed by atoms with van der Waals surface area (Å²) in [5.41, 5.74) is 0. The Balaban J connectivity index is 5.28. The summed E-state index contributed by atoms with van der Waals surface area (Å²) >= 11 is 0. The van der Waals surface area contributed by atoms with Crippen LogP contribution in [0.4, 0.5) is 0 Å². The normalized spacial score (nSPS) is 14.7. The Bertz CT molecular complexity index is 1840.